The molecular weight excluding hydrogens is 525 g/mol. The number of nitrogens with zero attached hydrogens (tertiary/aromatic N) is 1. The molecule has 0 amide bonds. The predicted octanol–water partition coefficient (Wildman–Crippen LogP) is 3.48. The topological polar surface area (TPSA) is 161 Å². The number of nitrogens with one attached hydrogen (secondary N) is 2. The van der Waals surface area contributed by atoms with Gasteiger partial charge in [0.25, 0.3) is 5.56 Å². The predicted molar refractivity (Wildman–Crippen MR) is 135 cm³/mol. The molecule has 1 aliphatic heterocycles. The number of esters is 1. The van der Waals surface area contributed by atoms with E-state index in [1.807, 2.05) is 0 Å². The molecule has 4 atom stereocenters. The quantitative estimate of drug-likeness (QED) is 0.193. The first-order valence-electron chi connectivity index (χ1n) is 11.4. The van der Waals surface area contributed by atoms with E-state index in [2.05, 4.69) is 10.1 Å². The third-order valence-corrected chi connectivity index (χ3v) is 7.07. The van der Waals surface area contributed by atoms with Crippen molar-refractivity contribution in [2.24, 2.45) is 0 Å². The number of aliphatic hydroxyl groups excluding tert-OH is 1. The number of carbonyl (C=O) groups excluding carboxylic acids is 1. The highest BCUT2D eigenvalue weighted by Crippen LogP contribution is 2.46. The minimum atomic E-state index is -4.24. The molecule has 4 N–H and O–H groups in total. The van der Waals surface area contributed by atoms with Gasteiger partial charge < -0.3 is 24.2 Å². The number of hydrogen-bond donors (Lipinski definition) is 4. The molecule has 202 valence electrons. The molecule has 1 aromatic heterocycles. The Bertz CT molecular complexity index is 1310. The first-order valence-corrected chi connectivity index (χ1v) is 13.3. The highest BCUT2D eigenvalue weighted by molar-refractivity contribution is 7.71. The van der Waals surface area contributed by atoms with E-state index < -0.39 is 49.9 Å². The van der Waals surface area contributed by atoms with Crippen LogP contribution in [0.2, 0.25) is 0 Å². The Morgan fingerprint density at radius 2 is 2.00 bits per heavy atom. The smallest absolute Gasteiger partial charge is 0.459 e. The summed E-state index contributed by atoms with van der Waals surface area (Å²) in [6.07, 6.45) is -0.470. The minimum absolute atomic E-state index is 0.0170. The van der Waals surface area contributed by atoms with Gasteiger partial charge in [0.2, 0.25) is 6.23 Å². The standard InChI is InChI=1S/C23H30N3O9PS/c1-14(2)33-20(29)15(3)25-36(31,35-16-8-6-5-7-9-16)32-13-18-17(27)12-23(4,30)21(34-18)26-11-10-19(28)24-22(26)37/h5-11,14-15,21,27,30H,12-13H2,1-4H3,(H,25,31)(H,24,28,37)/t15-,21+,23?,36+/m0/s1. The van der Waals surface area contributed by atoms with Crippen molar-refractivity contribution in [3.8, 4) is 5.75 Å². The summed E-state index contributed by atoms with van der Waals surface area (Å²) in [7, 11) is -4.24. The van der Waals surface area contributed by atoms with Gasteiger partial charge in [-0.05, 0) is 52.0 Å². The summed E-state index contributed by atoms with van der Waals surface area (Å²) in [5.41, 5.74) is -2.06. The van der Waals surface area contributed by atoms with Crippen LogP contribution in [-0.4, -0.2) is 50.1 Å². The third-order valence-electron chi connectivity index (χ3n) is 5.13. The second kappa shape index (κ2) is 11.6. The molecule has 37 heavy (non-hydrogen) atoms. The van der Waals surface area contributed by atoms with Crippen LogP contribution >= 0.6 is 20.0 Å². The zero-order valence-electron chi connectivity index (χ0n) is 20.7. The molecule has 0 saturated carbocycles. The molecule has 1 aromatic carbocycles. The lowest BCUT2D eigenvalue weighted by molar-refractivity contribution is -0.149. The van der Waals surface area contributed by atoms with Crippen molar-refractivity contribution in [2.75, 3.05) is 6.61 Å². The SMILES string of the molecule is CC(C)OC(=O)[C@H](C)N[P@@](=O)(OCC1=C(O)CC(C)(O)[C@H](n2ccc(=O)[nH]c2=S)O1)Oc1ccccc1. The number of benzene rings is 1. The van der Waals surface area contributed by atoms with Gasteiger partial charge in [-0.3, -0.25) is 23.7 Å². The van der Waals surface area contributed by atoms with E-state index in [1.54, 1.807) is 44.2 Å². The molecule has 0 bridgehead atoms. The molecule has 0 spiro atoms. The minimum Gasteiger partial charge on any atom is -0.509 e. The molecule has 2 aromatic rings. The van der Waals surface area contributed by atoms with Crippen molar-refractivity contribution in [1.29, 1.82) is 0 Å². The van der Waals surface area contributed by atoms with Crippen LogP contribution < -0.4 is 15.2 Å². The molecule has 0 radical (unpaired) electrons. The first kappa shape index (κ1) is 28.6. The Morgan fingerprint density at radius 1 is 1.32 bits per heavy atom. The molecule has 0 fully saturated rings. The molecule has 1 unspecified atom stereocenters. The molecule has 0 aliphatic carbocycles. The third kappa shape index (κ3) is 7.53. The van der Waals surface area contributed by atoms with Crippen molar-refractivity contribution in [2.45, 2.75) is 58.1 Å². The number of H-pyrrole nitrogens is 1. The van der Waals surface area contributed by atoms with Gasteiger partial charge in [0.15, 0.2) is 10.5 Å². The molecule has 1 aliphatic rings. The van der Waals surface area contributed by atoms with Crippen LogP contribution in [0.5, 0.6) is 5.75 Å². The van der Waals surface area contributed by atoms with E-state index in [1.165, 1.54) is 30.7 Å². The maximum Gasteiger partial charge on any atom is 0.459 e. The van der Waals surface area contributed by atoms with Crippen LogP contribution in [0.4, 0.5) is 0 Å². The summed E-state index contributed by atoms with van der Waals surface area (Å²) < 4.78 is 37.1. The maximum absolute atomic E-state index is 13.7. The number of aromatic amines is 1. The van der Waals surface area contributed by atoms with Gasteiger partial charge in [0.05, 0.1) is 6.10 Å². The molecule has 14 heteroatoms. The number of aromatic nitrogens is 2. The Hall–Kier alpha value is -2.96. The number of para-hydroxylation sites is 1. The summed E-state index contributed by atoms with van der Waals surface area (Å²) in [5, 5.41) is 24.0. The number of rotatable bonds is 10. The van der Waals surface area contributed by atoms with Crippen molar-refractivity contribution in [3.05, 3.63) is 69.2 Å². The van der Waals surface area contributed by atoms with Crippen molar-refractivity contribution >= 4 is 25.9 Å². The number of aliphatic hydroxyl groups is 2. The fourth-order valence-corrected chi connectivity index (χ4v) is 5.12. The lowest BCUT2D eigenvalue weighted by Crippen LogP contribution is -2.43. The van der Waals surface area contributed by atoms with Crippen LogP contribution in [0.1, 0.15) is 40.3 Å². The first-order chi connectivity index (χ1) is 17.3. The van der Waals surface area contributed by atoms with Crippen molar-refractivity contribution in [1.82, 2.24) is 14.6 Å². The van der Waals surface area contributed by atoms with E-state index >= 15 is 0 Å². The Morgan fingerprint density at radius 3 is 2.62 bits per heavy atom. The maximum atomic E-state index is 13.7. The average molecular weight is 556 g/mol. The van der Waals surface area contributed by atoms with Crippen LogP contribution in [0.15, 0.2) is 58.9 Å². The number of hydrogen-bond acceptors (Lipinski definition) is 10. The van der Waals surface area contributed by atoms with Gasteiger partial charge >= 0.3 is 13.7 Å². The summed E-state index contributed by atoms with van der Waals surface area (Å²) in [6.45, 7) is 5.66. The zero-order chi connectivity index (χ0) is 27.4. The second-order valence-electron chi connectivity index (χ2n) is 8.90. The molecule has 2 heterocycles. The van der Waals surface area contributed by atoms with Gasteiger partial charge in [0, 0.05) is 18.7 Å². The summed E-state index contributed by atoms with van der Waals surface area (Å²) in [4.78, 5) is 26.3. The summed E-state index contributed by atoms with van der Waals surface area (Å²) in [6, 6.07) is 8.29. The van der Waals surface area contributed by atoms with Crippen LogP contribution in [0.25, 0.3) is 0 Å². The van der Waals surface area contributed by atoms with Crippen molar-refractivity contribution < 1.29 is 38.1 Å². The van der Waals surface area contributed by atoms with E-state index in [0.717, 1.165) is 0 Å². The summed E-state index contributed by atoms with van der Waals surface area (Å²) in [5.74, 6) is -0.975. The summed E-state index contributed by atoms with van der Waals surface area (Å²) >= 11 is 5.18. The zero-order valence-corrected chi connectivity index (χ0v) is 22.5. The number of ether oxygens (including phenoxy) is 2. The van der Waals surface area contributed by atoms with Crippen molar-refractivity contribution in [3.63, 3.8) is 0 Å². The van der Waals surface area contributed by atoms with Crippen LogP contribution in [0, 0.1) is 4.77 Å². The molecule has 0 saturated heterocycles. The van der Waals surface area contributed by atoms with Crippen LogP contribution in [-0.2, 0) is 23.4 Å². The van der Waals surface area contributed by atoms with Gasteiger partial charge in [-0.25, -0.2) is 4.57 Å². The van der Waals surface area contributed by atoms with Gasteiger partial charge in [-0.15, -0.1) is 0 Å². The largest absolute Gasteiger partial charge is 0.509 e. The van der Waals surface area contributed by atoms with E-state index in [0.29, 0.717) is 0 Å². The van der Waals surface area contributed by atoms with Gasteiger partial charge in [-0.1, -0.05) is 18.2 Å². The van der Waals surface area contributed by atoms with Crippen LogP contribution in [0.3, 0.4) is 0 Å². The second-order valence-corrected chi connectivity index (χ2v) is 11.0. The fraction of sp³-hybridized carbons (Fsp3) is 0.435. The fourth-order valence-electron chi connectivity index (χ4n) is 3.42. The van der Waals surface area contributed by atoms with Gasteiger partial charge in [-0.2, -0.15) is 5.09 Å². The van der Waals surface area contributed by atoms with E-state index in [4.69, 9.17) is 30.7 Å². The lowest BCUT2D eigenvalue weighted by Gasteiger charge is -2.38. The number of carbonyl (C=O) groups is 1. The Labute approximate surface area is 218 Å². The normalized spacial score (nSPS) is 22.2. The highest BCUT2D eigenvalue weighted by Gasteiger charge is 2.43. The van der Waals surface area contributed by atoms with E-state index in [9.17, 15) is 24.4 Å². The average Bonchev–Trinajstić information content (AvgIpc) is 2.79. The van der Waals surface area contributed by atoms with Gasteiger partial charge in [0.1, 0.15) is 29.8 Å². The Balaban J connectivity index is 1.84. The molecule has 12 nitrogen and oxygen atoms in total. The monoisotopic (exact) mass is 555 g/mol. The molecule has 3 rings (SSSR count). The lowest BCUT2D eigenvalue weighted by atomic mass is 9.95. The highest BCUT2D eigenvalue weighted by atomic mass is 32.1. The Kier molecular flexibility index (Phi) is 8.98. The van der Waals surface area contributed by atoms with E-state index in [-0.39, 0.29) is 28.5 Å². The molecular formula is C23H30N3O9PS.